The number of hydrogen-bond acceptors (Lipinski definition) is 3. The highest BCUT2D eigenvalue weighted by molar-refractivity contribution is 6.09. The van der Waals surface area contributed by atoms with E-state index in [0.29, 0.717) is 17.2 Å². The number of hydrogen-bond donors (Lipinski definition) is 0. The number of pyridine rings is 1. The fraction of sp³-hybridized carbons (Fsp3) is 0.0588. The lowest BCUT2D eigenvalue weighted by Crippen LogP contribution is -2.33. The number of oxazole rings is 1. The Labute approximate surface area is 430 Å². The molecule has 0 saturated carbocycles. The second kappa shape index (κ2) is 18.3. The lowest BCUT2D eigenvalue weighted by atomic mass is 9.88. The second-order valence-corrected chi connectivity index (χ2v) is 19.8. The van der Waals surface area contributed by atoms with E-state index in [1.54, 1.807) is 0 Å². The first-order valence-corrected chi connectivity index (χ1v) is 25.1. The number of fused-ring (bicyclic) bond motifs is 4. The van der Waals surface area contributed by atoms with Gasteiger partial charge in [0.2, 0.25) is 5.71 Å². The van der Waals surface area contributed by atoms with E-state index in [2.05, 4.69) is 265 Å². The van der Waals surface area contributed by atoms with Gasteiger partial charge in [0.05, 0.1) is 23.0 Å². The Morgan fingerprint density at radius 3 is 1.64 bits per heavy atom. The van der Waals surface area contributed by atoms with E-state index in [1.807, 2.05) is 24.6 Å². The number of ether oxygens (including phenoxy) is 1. The highest BCUT2D eigenvalue weighted by Gasteiger charge is 2.29. The smallest absolute Gasteiger partial charge is 0.272 e. The predicted molar refractivity (Wildman–Crippen MR) is 300 cm³/mol. The summed E-state index contributed by atoms with van der Waals surface area (Å²) in [7, 11) is 0. The maximum Gasteiger partial charge on any atom is 0.272 e. The van der Waals surface area contributed by atoms with Crippen LogP contribution in [0.1, 0.15) is 26.3 Å². The van der Waals surface area contributed by atoms with Gasteiger partial charge in [-0.05, 0) is 104 Å². The van der Waals surface area contributed by atoms with Crippen molar-refractivity contribution in [1.82, 2.24) is 14.0 Å². The molecule has 0 N–H and O–H groups in total. The fourth-order valence-corrected chi connectivity index (χ4v) is 10.5. The first-order valence-electron chi connectivity index (χ1n) is 25.1. The lowest BCUT2D eigenvalue weighted by Gasteiger charge is -2.21. The van der Waals surface area contributed by atoms with Crippen LogP contribution < -0.4 is 9.30 Å². The summed E-state index contributed by atoms with van der Waals surface area (Å²) in [5, 5.41) is 2.29. The number of nitrogens with zero attached hydrogens (tertiary/aromatic N) is 4. The third kappa shape index (κ3) is 7.85. The van der Waals surface area contributed by atoms with Crippen LogP contribution in [0.2, 0.25) is 0 Å². The van der Waals surface area contributed by atoms with Crippen LogP contribution in [0.25, 0.3) is 106 Å². The van der Waals surface area contributed by atoms with Gasteiger partial charge in [0.25, 0.3) is 6.33 Å². The van der Waals surface area contributed by atoms with Gasteiger partial charge in [-0.25, -0.2) is 4.98 Å². The molecule has 4 heterocycles. The minimum atomic E-state index is -0.0357. The molecule has 0 bridgehead atoms. The minimum Gasteiger partial charge on any atom is -0.472 e. The third-order valence-electron chi connectivity index (χ3n) is 14.1. The molecule has 13 aromatic rings. The summed E-state index contributed by atoms with van der Waals surface area (Å²) in [6, 6.07) is 83.0. The summed E-state index contributed by atoms with van der Waals surface area (Å²) in [4.78, 5) is 4.91. The molecule has 6 nitrogen and oxygen atoms in total. The second-order valence-electron chi connectivity index (χ2n) is 19.8. The Bertz CT molecular complexity index is 4070. The van der Waals surface area contributed by atoms with Crippen LogP contribution in [0.5, 0.6) is 11.5 Å². The van der Waals surface area contributed by atoms with Gasteiger partial charge in [-0.2, -0.15) is 0 Å². The average Bonchev–Trinajstić information content (AvgIpc) is 4.16. The molecule has 0 spiro atoms. The molecule has 0 radical (unpaired) electrons. The van der Waals surface area contributed by atoms with Crippen LogP contribution in [0, 0.1) is 6.33 Å². The summed E-state index contributed by atoms with van der Waals surface area (Å²) < 4.78 is 20.3. The van der Waals surface area contributed by atoms with Crippen molar-refractivity contribution in [3.05, 3.63) is 261 Å². The third-order valence-corrected chi connectivity index (χ3v) is 14.1. The molecule has 74 heavy (non-hydrogen) atoms. The molecule has 13 rings (SSSR count). The largest absolute Gasteiger partial charge is 0.472 e. The van der Waals surface area contributed by atoms with Gasteiger partial charge >= 0.3 is 0 Å². The molecule has 0 aliphatic rings. The molecule has 6 heteroatoms. The van der Waals surface area contributed by atoms with Gasteiger partial charge in [-0.3, -0.25) is 13.5 Å². The van der Waals surface area contributed by atoms with Crippen molar-refractivity contribution in [3.8, 4) is 90.0 Å². The van der Waals surface area contributed by atoms with E-state index < -0.39 is 0 Å². The van der Waals surface area contributed by atoms with Gasteiger partial charge < -0.3 is 9.15 Å². The van der Waals surface area contributed by atoms with Crippen LogP contribution in [0.4, 0.5) is 0 Å². The highest BCUT2D eigenvalue weighted by atomic mass is 16.5. The number of para-hydroxylation sites is 2. The van der Waals surface area contributed by atoms with E-state index in [-0.39, 0.29) is 5.41 Å². The molecule has 4 aromatic heterocycles. The molecule has 0 fully saturated rings. The average molecular weight is 955 g/mol. The van der Waals surface area contributed by atoms with Crippen molar-refractivity contribution in [1.29, 1.82) is 0 Å². The van der Waals surface area contributed by atoms with E-state index >= 15 is 0 Å². The van der Waals surface area contributed by atoms with Crippen LogP contribution in [-0.2, 0) is 5.41 Å². The van der Waals surface area contributed by atoms with E-state index in [1.165, 1.54) is 5.56 Å². The first kappa shape index (κ1) is 44.4. The zero-order valence-electron chi connectivity index (χ0n) is 41.3. The SMILES string of the molecule is CC(C)(C)c1ccnc(-n2c3ccccc3c3ccc(Oc4cccc(-c5coc6c(-c7c(-c8ccccc8)cccc7-c7ccccc7)[n+](-c7c(-c8ccccc8)cccc7-c7ccccc7)[c-]n56)c4)cc32)c1. The topological polar surface area (TPSA) is 48.5 Å². The van der Waals surface area contributed by atoms with Crippen molar-refractivity contribution < 1.29 is 13.7 Å². The van der Waals surface area contributed by atoms with Gasteiger partial charge in [0.15, 0.2) is 0 Å². The fourth-order valence-electron chi connectivity index (χ4n) is 10.5. The molecular formula is C68H50N4O2. The summed E-state index contributed by atoms with van der Waals surface area (Å²) in [5.41, 5.74) is 17.2. The molecule has 0 atom stereocenters. The van der Waals surface area contributed by atoms with E-state index in [4.69, 9.17) is 14.1 Å². The molecule has 0 aliphatic carbocycles. The Balaban J connectivity index is 1.01. The van der Waals surface area contributed by atoms with Crippen LogP contribution in [-0.4, -0.2) is 14.0 Å². The highest BCUT2D eigenvalue weighted by Crippen LogP contribution is 2.44. The molecule has 0 unspecified atom stereocenters. The van der Waals surface area contributed by atoms with E-state index in [0.717, 1.165) is 100 Å². The Morgan fingerprint density at radius 2 is 1.01 bits per heavy atom. The molecule has 0 aliphatic heterocycles. The van der Waals surface area contributed by atoms with Crippen LogP contribution in [0.15, 0.2) is 253 Å². The standard InChI is InChI=1S/C68H50N4O2/c1-68(2,3)51-39-40-69-63(42-51)72-60-36-17-16-31-58(60)59-38-37-53(43-61(59)72)74-52-30-18-29-50(41-52)62-44-73-67-66(64-54(46-21-8-4-9-22-46)32-19-33-55(64)47-23-10-5-11-24-47)71(45-70(62)67)65-56(48-25-12-6-13-26-48)34-20-35-57(65)49-27-14-7-15-28-49/h4-44H,1-3H3. The normalized spacial score (nSPS) is 11.7. The maximum atomic E-state index is 6.95. The summed E-state index contributed by atoms with van der Waals surface area (Å²) in [6.07, 6.45) is 7.69. The number of benzene rings is 9. The Hall–Kier alpha value is -9.52. The van der Waals surface area contributed by atoms with Crippen molar-refractivity contribution >= 4 is 27.5 Å². The molecular weight excluding hydrogens is 905 g/mol. The number of aromatic nitrogens is 4. The van der Waals surface area contributed by atoms with Crippen molar-refractivity contribution in [2.75, 3.05) is 0 Å². The Kier molecular flexibility index (Phi) is 11.0. The predicted octanol–water partition coefficient (Wildman–Crippen LogP) is 17.2. The van der Waals surface area contributed by atoms with Gasteiger partial charge in [-0.1, -0.05) is 209 Å². The monoisotopic (exact) mass is 954 g/mol. The minimum absolute atomic E-state index is 0.0357. The zero-order valence-corrected chi connectivity index (χ0v) is 41.3. The van der Waals surface area contributed by atoms with Crippen LogP contribution in [0.3, 0.4) is 0 Å². The van der Waals surface area contributed by atoms with Crippen molar-refractivity contribution in [3.63, 3.8) is 0 Å². The molecule has 0 saturated heterocycles. The number of rotatable bonds is 10. The molecule has 9 aromatic carbocycles. The molecule has 354 valence electrons. The summed E-state index contributed by atoms with van der Waals surface area (Å²) in [5.74, 6) is 2.28. The zero-order chi connectivity index (χ0) is 49.8. The van der Waals surface area contributed by atoms with Gasteiger partial charge in [0.1, 0.15) is 28.7 Å². The Morgan fingerprint density at radius 1 is 0.486 bits per heavy atom. The first-order chi connectivity index (χ1) is 36.4. The van der Waals surface area contributed by atoms with Crippen molar-refractivity contribution in [2.45, 2.75) is 26.2 Å². The summed E-state index contributed by atoms with van der Waals surface area (Å²) in [6.45, 7) is 6.70. The molecule has 0 amide bonds. The summed E-state index contributed by atoms with van der Waals surface area (Å²) >= 11 is 0. The van der Waals surface area contributed by atoms with Crippen LogP contribution >= 0.6 is 0 Å². The van der Waals surface area contributed by atoms with Gasteiger partial charge in [-0.15, -0.1) is 0 Å². The van der Waals surface area contributed by atoms with E-state index in [9.17, 15) is 0 Å². The van der Waals surface area contributed by atoms with Gasteiger partial charge in [0, 0.05) is 28.6 Å². The van der Waals surface area contributed by atoms with Crippen molar-refractivity contribution in [2.24, 2.45) is 0 Å². The lowest BCUT2D eigenvalue weighted by molar-refractivity contribution is -0.586. The maximum absolute atomic E-state index is 6.95. The quantitative estimate of drug-likeness (QED) is 0.101. The number of imidazole rings is 1.